The van der Waals surface area contributed by atoms with E-state index in [1.54, 1.807) is 7.11 Å². The van der Waals surface area contributed by atoms with Crippen molar-refractivity contribution in [1.82, 2.24) is 0 Å². The molecular weight excluding hydrogens is 200 g/mol. The number of hydrogen-bond donors (Lipinski definition) is 0. The highest BCUT2D eigenvalue weighted by atomic mass is 16.5. The number of hydrogen-bond acceptors (Lipinski definition) is 2. The largest absolute Gasteiger partial charge is 0.497 e. The summed E-state index contributed by atoms with van der Waals surface area (Å²) in [5, 5.41) is 0. The van der Waals surface area contributed by atoms with Gasteiger partial charge in [-0.3, -0.25) is 4.79 Å². The number of allylic oxidation sites excluding steroid dienone is 2. The van der Waals surface area contributed by atoms with Gasteiger partial charge in [-0.2, -0.15) is 0 Å². The maximum absolute atomic E-state index is 11.8. The van der Waals surface area contributed by atoms with Crippen LogP contribution in [-0.2, 0) is 4.79 Å². The lowest BCUT2D eigenvalue weighted by Gasteiger charge is -2.08. The third-order valence-electron chi connectivity index (χ3n) is 3.01. The van der Waals surface area contributed by atoms with Gasteiger partial charge in [0, 0.05) is 12.0 Å². The van der Waals surface area contributed by atoms with Crippen LogP contribution >= 0.6 is 0 Å². The number of ketones is 1. The smallest absolute Gasteiger partial charge is 0.163 e. The molecule has 0 N–H and O–H groups in total. The van der Waals surface area contributed by atoms with Crippen LogP contribution in [0, 0.1) is 6.92 Å². The van der Waals surface area contributed by atoms with Crippen LogP contribution in [0.1, 0.15) is 30.9 Å². The van der Waals surface area contributed by atoms with Crippen molar-refractivity contribution in [1.29, 1.82) is 0 Å². The average molecular weight is 216 g/mol. The number of carbonyl (C=O) groups excluding carboxylic acids is 1. The Kier molecular flexibility index (Phi) is 2.82. The van der Waals surface area contributed by atoms with E-state index >= 15 is 0 Å². The number of methoxy groups -OCH3 is 1. The predicted molar refractivity (Wildman–Crippen MR) is 64.6 cm³/mol. The fourth-order valence-electron chi connectivity index (χ4n) is 2.21. The summed E-state index contributed by atoms with van der Waals surface area (Å²) in [6.07, 6.45) is 1.54. The van der Waals surface area contributed by atoms with Crippen LogP contribution in [0.3, 0.4) is 0 Å². The number of rotatable bonds is 2. The topological polar surface area (TPSA) is 26.3 Å². The fraction of sp³-hybridized carbons (Fsp3) is 0.357. The Morgan fingerprint density at radius 2 is 1.88 bits per heavy atom. The number of Topliss-reactive ketones (excluding diaryl/α,β-unsaturated/α-hetero) is 1. The Morgan fingerprint density at radius 3 is 2.44 bits per heavy atom. The zero-order valence-electron chi connectivity index (χ0n) is 9.96. The van der Waals surface area contributed by atoms with Crippen LogP contribution in [0.4, 0.5) is 0 Å². The molecule has 2 heteroatoms. The van der Waals surface area contributed by atoms with Crippen LogP contribution in [0.15, 0.2) is 23.8 Å². The third-order valence-corrected chi connectivity index (χ3v) is 3.01. The number of carbonyl (C=O) groups is 1. The van der Waals surface area contributed by atoms with Gasteiger partial charge in [0.15, 0.2) is 5.78 Å². The Morgan fingerprint density at radius 1 is 1.12 bits per heavy atom. The fourth-order valence-corrected chi connectivity index (χ4v) is 2.21. The Labute approximate surface area is 95.9 Å². The summed E-state index contributed by atoms with van der Waals surface area (Å²) < 4.78 is 5.23. The predicted octanol–water partition coefficient (Wildman–Crippen LogP) is 3.14. The first-order chi connectivity index (χ1) is 7.61. The number of ether oxygens (including phenoxy) is 1. The first kappa shape index (κ1) is 10.9. The third kappa shape index (κ3) is 1.87. The summed E-state index contributed by atoms with van der Waals surface area (Å²) in [6, 6.07) is 5.96. The van der Waals surface area contributed by atoms with Gasteiger partial charge in [0.25, 0.3) is 0 Å². The van der Waals surface area contributed by atoms with Crippen molar-refractivity contribution in [2.75, 3.05) is 7.11 Å². The van der Waals surface area contributed by atoms with E-state index in [0.717, 1.165) is 28.9 Å². The monoisotopic (exact) mass is 216 g/mol. The highest BCUT2D eigenvalue weighted by Gasteiger charge is 2.21. The van der Waals surface area contributed by atoms with Crippen molar-refractivity contribution < 1.29 is 9.53 Å². The molecule has 0 aromatic heterocycles. The molecule has 0 radical (unpaired) electrons. The molecule has 2 rings (SSSR count). The van der Waals surface area contributed by atoms with E-state index in [2.05, 4.69) is 0 Å². The molecule has 0 bridgehead atoms. The van der Waals surface area contributed by atoms with E-state index in [1.807, 2.05) is 32.0 Å². The molecule has 0 spiro atoms. The summed E-state index contributed by atoms with van der Waals surface area (Å²) in [5.74, 6) is 1.07. The van der Waals surface area contributed by atoms with Gasteiger partial charge < -0.3 is 4.74 Å². The maximum atomic E-state index is 11.8. The first-order valence-corrected chi connectivity index (χ1v) is 5.51. The highest BCUT2D eigenvalue weighted by Crippen LogP contribution is 2.32. The molecule has 1 aliphatic rings. The molecule has 0 atom stereocenters. The summed E-state index contributed by atoms with van der Waals surface area (Å²) in [5.41, 5.74) is 4.20. The van der Waals surface area contributed by atoms with E-state index in [4.69, 9.17) is 4.74 Å². The molecule has 0 saturated carbocycles. The van der Waals surface area contributed by atoms with Gasteiger partial charge in [-0.15, -0.1) is 0 Å². The van der Waals surface area contributed by atoms with E-state index in [0.29, 0.717) is 6.42 Å². The Bertz CT molecular complexity index is 470. The van der Waals surface area contributed by atoms with Crippen LogP contribution in [0.2, 0.25) is 0 Å². The molecular formula is C14H16O2. The van der Waals surface area contributed by atoms with Crippen LogP contribution in [0.25, 0.3) is 5.57 Å². The lowest BCUT2D eigenvalue weighted by molar-refractivity contribution is -0.113. The molecule has 0 saturated heterocycles. The van der Waals surface area contributed by atoms with Crippen LogP contribution < -0.4 is 4.74 Å². The van der Waals surface area contributed by atoms with E-state index < -0.39 is 0 Å². The second kappa shape index (κ2) is 4.12. The molecule has 16 heavy (non-hydrogen) atoms. The Hall–Kier alpha value is -1.57. The SMILES string of the molecule is COc1cc(C)cc(C2=C(C)CCC2=O)c1. The standard InChI is InChI=1S/C14H16O2/c1-9-6-11(8-12(7-9)16-3)14-10(2)4-5-13(14)15/h6-8H,4-5H2,1-3H3. The molecule has 1 aromatic rings. The average Bonchev–Trinajstić information content (AvgIpc) is 2.57. The van der Waals surface area contributed by atoms with E-state index in [-0.39, 0.29) is 5.78 Å². The molecule has 0 fully saturated rings. The molecule has 1 aromatic carbocycles. The molecule has 2 nitrogen and oxygen atoms in total. The van der Waals surface area contributed by atoms with Crippen molar-refractivity contribution >= 4 is 11.4 Å². The molecule has 0 unspecified atom stereocenters. The van der Waals surface area contributed by atoms with Gasteiger partial charge in [-0.1, -0.05) is 11.6 Å². The minimum atomic E-state index is 0.255. The van der Waals surface area contributed by atoms with Gasteiger partial charge in [-0.25, -0.2) is 0 Å². The highest BCUT2D eigenvalue weighted by molar-refractivity contribution is 6.23. The van der Waals surface area contributed by atoms with Crippen LogP contribution in [-0.4, -0.2) is 12.9 Å². The Balaban J connectivity index is 2.52. The van der Waals surface area contributed by atoms with Gasteiger partial charge in [0.05, 0.1) is 7.11 Å². The van der Waals surface area contributed by atoms with Gasteiger partial charge >= 0.3 is 0 Å². The van der Waals surface area contributed by atoms with Gasteiger partial charge in [-0.05, 0) is 43.5 Å². The lowest BCUT2D eigenvalue weighted by atomic mass is 10.00. The zero-order chi connectivity index (χ0) is 11.7. The van der Waals surface area contributed by atoms with Gasteiger partial charge in [0.1, 0.15) is 5.75 Å². The summed E-state index contributed by atoms with van der Waals surface area (Å²) in [4.78, 5) is 11.8. The molecule has 84 valence electrons. The van der Waals surface area contributed by atoms with Crippen molar-refractivity contribution in [3.8, 4) is 5.75 Å². The first-order valence-electron chi connectivity index (χ1n) is 5.51. The summed E-state index contributed by atoms with van der Waals surface area (Å²) in [7, 11) is 1.65. The minimum Gasteiger partial charge on any atom is -0.497 e. The zero-order valence-corrected chi connectivity index (χ0v) is 9.96. The minimum absolute atomic E-state index is 0.255. The normalized spacial score (nSPS) is 15.8. The summed E-state index contributed by atoms with van der Waals surface area (Å²) in [6.45, 7) is 4.05. The number of aryl methyl sites for hydroxylation is 1. The van der Waals surface area contributed by atoms with E-state index in [9.17, 15) is 4.79 Å². The summed E-state index contributed by atoms with van der Waals surface area (Å²) >= 11 is 0. The lowest BCUT2D eigenvalue weighted by Crippen LogP contribution is -1.97. The quantitative estimate of drug-likeness (QED) is 0.759. The molecule has 0 aliphatic heterocycles. The number of benzene rings is 1. The van der Waals surface area contributed by atoms with Crippen molar-refractivity contribution in [2.24, 2.45) is 0 Å². The second-order valence-electron chi connectivity index (χ2n) is 4.32. The van der Waals surface area contributed by atoms with Crippen molar-refractivity contribution in [3.05, 3.63) is 34.9 Å². The maximum Gasteiger partial charge on any atom is 0.163 e. The molecule has 0 amide bonds. The van der Waals surface area contributed by atoms with Gasteiger partial charge in [0.2, 0.25) is 0 Å². The second-order valence-corrected chi connectivity index (χ2v) is 4.32. The van der Waals surface area contributed by atoms with Crippen LogP contribution in [0.5, 0.6) is 5.75 Å². The van der Waals surface area contributed by atoms with Crippen molar-refractivity contribution in [2.45, 2.75) is 26.7 Å². The van der Waals surface area contributed by atoms with Crippen molar-refractivity contribution in [3.63, 3.8) is 0 Å². The van der Waals surface area contributed by atoms with E-state index in [1.165, 1.54) is 5.57 Å². The molecule has 1 aliphatic carbocycles. The molecule has 0 heterocycles.